The summed E-state index contributed by atoms with van der Waals surface area (Å²) in [5.74, 6) is 1.95. The molecule has 0 saturated heterocycles. The maximum Gasteiger partial charge on any atom is 0.291 e. The second-order valence-electron chi connectivity index (χ2n) is 6.09. The third kappa shape index (κ3) is 5.45. The highest BCUT2D eigenvalue weighted by atomic mass is 32.2. The summed E-state index contributed by atoms with van der Waals surface area (Å²) >= 11 is 1.54. The Labute approximate surface area is 173 Å². The molecule has 1 heterocycles. The fourth-order valence-electron chi connectivity index (χ4n) is 2.68. The lowest BCUT2D eigenvalue weighted by Gasteiger charge is -2.14. The molecule has 7 nitrogen and oxygen atoms in total. The van der Waals surface area contributed by atoms with E-state index in [0.717, 1.165) is 11.3 Å². The molecular weight excluding hydrogens is 392 g/mol. The van der Waals surface area contributed by atoms with Crippen molar-refractivity contribution in [3.63, 3.8) is 0 Å². The Bertz CT molecular complexity index is 912. The maximum atomic E-state index is 12.5. The van der Waals surface area contributed by atoms with Crippen molar-refractivity contribution in [3.8, 4) is 11.5 Å². The monoisotopic (exact) mass is 414 g/mol. The molecule has 0 atom stereocenters. The second-order valence-corrected chi connectivity index (χ2v) is 7.07. The van der Waals surface area contributed by atoms with Crippen molar-refractivity contribution in [1.29, 1.82) is 0 Å². The van der Waals surface area contributed by atoms with Gasteiger partial charge in [0.2, 0.25) is 0 Å². The lowest BCUT2D eigenvalue weighted by atomic mass is 10.1. The first-order chi connectivity index (χ1) is 14.1. The van der Waals surface area contributed by atoms with Gasteiger partial charge in [0.25, 0.3) is 11.8 Å². The van der Waals surface area contributed by atoms with Gasteiger partial charge in [0.1, 0.15) is 11.5 Å². The molecule has 2 aromatic rings. The van der Waals surface area contributed by atoms with E-state index in [0.29, 0.717) is 41.7 Å². The summed E-state index contributed by atoms with van der Waals surface area (Å²) in [5.41, 5.74) is 1.87. The van der Waals surface area contributed by atoms with Crippen molar-refractivity contribution in [2.24, 2.45) is 0 Å². The Morgan fingerprint density at radius 3 is 2.52 bits per heavy atom. The number of carbonyl (C=O) groups is 2. The van der Waals surface area contributed by atoms with Gasteiger partial charge in [-0.25, -0.2) is 0 Å². The van der Waals surface area contributed by atoms with Crippen LogP contribution in [0.5, 0.6) is 11.5 Å². The lowest BCUT2D eigenvalue weighted by molar-refractivity contribution is -0.116. The average molecular weight is 414 g/mol. The Morgan fingerprint density at radius 2 is 1.86 bits per heavy atom. The highest BCUT2D eigenvalue weighted by Crippen LogP contribution is 2.24. The zero-order valence-electron chi connectivity index (χ0n) is 16.2. The summed E-state index contributed by atoms with van der Waals surface area (Å²) < 4.78 is 15.9. The van der Waals surface area contributed by atoms with E-state index in [1.165, 1.54) is 11.8 Å². The fourth-order valence-corrected chi connectivity index (χ4v) is 3.31. The Kier molecular flexibility index (Phi) is 7.02. The third-order valence-corrected chi connectivity index (χ3v) is 4.99. The molecule has 1 aliphatic rings. The van der Waals surface area contributed by atoms with Crippen molar-refractivity contribution in [2.75, 3.05) is 31.9 Å². The van der Waals surface area contributed by atoms with Crippen LogP contribution >= 0.6 is 11.8 Å². The van der Waals surface area contributed by atoms with Gasteiger partial charge >= 0.3 is 0 Å². The number of hydrogen-bond donors (Lipinski definition) is 2. The minimum atomic E-state index is -0.306. The van der Waals surface area contributed by atoms with Gasteiger partial charge in [0, 0.05) is 34.5 Å². The number of thioether (sulfide) groups is 1. The van der Waals surface area contributed by atoms with Crippen molar-refractivity contribution < 1.29 is 23.8 Å². The molecule has 2 N–H and O–H groups in total. The highest BCUT2D eigenvalue weighted by molar-refractivity contribution is 8.02. The topological polar surface area (TPSA) is 85.9 Å². The molecule has 29 heavy (non-hydrogen) atoms. The molecule has 152 valence electrons. The average Bonchev–Trinajstić information content (AvgIpc) is 2.78. The number of nitrogens with one attached hydrogen (secondary N) is 2. The number of methoxy groups -OCH3 is 2. The van der Waals surface area contributed by atoms with Gasteiger partial charge in [0.05, 0.1) is 20.8 Å². The van der Waals surface area contributed by atoms with Crippen LogP contribution in [-0.2, 0) is 16.1 Å². The van der Waals surface area contributed by atoms with E-state index in [4.69, 9.17) is 14.2 Å². The first-order valence-corrected chi connectivity index (χ1v) is 10.0. The molecule has 2 amide bonds. The van der Waals surface area contributed by atoms with E-state index in [1.54, 1.807) is 56.0 Å². The standard InChI is InChI=1S/C21H22N2O5S/c1-26-17-7-8-18(27-2)15(11-17)12-22-20(24)14-3-5-16(6-4-14)23-21(25)19-13-29-10-9-28-19/h3-8,11,13H,9-10,12H2,1-2H3,(H,22,24)(H,23,25). The normalized spacial score (nSPS) is 13.0. The van der Waals surface area contributed by atoms with Crippen molar-refractivity contribution in [1.82, 2.24) is 5.32 Å². The number of benzene rings is 2. The minimum Gasteiger partial charge on any atom is -0.497 e. The quantitative estimate of drug-likeness (QED) is 0.724. The number of hydrogen-bond acceptors (Lipinski definition) is 6. The zero-order valence-corrected chi connectivity index (χ0v) is 17.0. The first-order valence-electron chi connectivity index (χ1n) is 8.96. The molecule has 0 unspecified atom stereocenters. The summed E-state index contributed by atoms with van der Waals surface area (Å²) in [6, 6.07) is 12.1. The second kappa shape index (κ2) is 9.88. The van der Waals surface area contributed by atoms with Crippen molar-refractivity contribution in [3.05, 3.63) is 64.8 Å². The third-order valence-electron chi connectivity index (χ3n) is 4.20. The summed E-state index contributed by atoms with van der Waals surface area (Å²) in [6.07, 6.45) is 0. The Morgan fingerprint density at radius 1 is 1.07 bits per heavy atom. The molecule has 0 radical (unpaired) electrons. The predicted octanol–water partition coefficient (Wildman–Crippen LogP) is 3.18. The molecule has 0 bridgehead atoms. The van der Waals surface area contributed by atoms with Crippen LogP contribution in [0, 0.1) is 0 Å². The van der Waals surface area contributed by atoms with Gasteiger partial charge in [-0.2, -0.15) is 0 Å². The fraction of sp³-hybridized carbons (Fsp3) is 0.238. The number of anilines is 1. The molecular formula is C21H22N2O5S. The van der Waals surface area contributed by atoms with Crippen LogP contribution in [0.4, 0.5) is 5.69 Å². The van der Waals surface area contributed by atoms with E-state index in [1.807, 2.05) is 6.07 Å². The molecule has 8 heteroatoms. The van der Waals surface area contributed by atoms with Gasteiger partial charge in [-0.15, -0.1) is 11.8 Å². The summed E-state index contributed by atoms with van der Waals surface area (Å²) in [5, 5.41) is 7.32. The van der Waals surface area contributed by atoms with Gasteiger partial charge in [-0.05, 0) is 42.5 Å². The first kappa shape index (κ1) is 20.6. The minimum absolute atomic E-state index is 0.234. The molecule has 3 rings (SSSR count). The molecule has 0 fully saturated rings. The predicted molar refractivity (Wildman–Crippen MR) is 112 cm³/mol. The Balaban J connectivity index is 1.59. The molecule has 0 aromatic heterocycles. The number of rotatable bonds is 7. The molecule has 0 spiro atoms. The van der Waals surface area contributed by atoms with E-state index in [9.17, 15) is 9.59 Å². The molecule has 1 aliphatic heterocycles. The van der Waals surface area contributed by atoms with Crippen LogP contribution in [0.2, 0.25) is 0 Å². The maximum absolute atomic E-state index is 12.5. The highest BCUT2D eigenvalue weighted by Gasteiger charge is 2.15. The van der Waals surface area contributed by atoms with Crippen LogP contribution in [-0.4, -0.2) is 38.4 Å². The lowest BCUT2D eigenvalue weighted by Crippen LogP contribution is -2.23. The SMILES string of the molecule is COc1ccc(OC)c(CNC(=O)c2ccc(NC(=O)C3=CSCCO3)cc2)c1. The number of ether oxygens (including phenoxy) is 3. The van der Waals surface area contributed by atoms with Gasteiger partial charge in [-0.3, -0.25) is 9.59 Å². The van der Waals surface area contributed by atoms with Crippen LogP contribution in [0.25, 0.3) is 0 Å². The van der Waals surface area contributed by atoms with E-state index in [2.05, 4.69) is 10.6 Å². The van der Waals surface area contributed by atoms with E-state index < -0.39 is 0 Å². The van der Waals surface area contributed by atoms with Crippen LogP contribution in [0.3, 0.4) is 0 Å². The smallest absolute Gasteiger partial charge is 0.291 e. The van der Waals surface area contributed by atoms with Gasteiger partial charge in [0.15, 0.2) is 5.76 Å². The Hall–Kier alpha value is -3.13. The summed E-state index contributed by atoms with van der Waals surface area (Å²) in [6.45, 7) is 0.807. The molecule has 0 saturated carbocycles. The summed E-state index contributed by atoms with van der Waals surface area (Å²) in [7, 11) is 3.16. The summed E-state index contributed by atoms with van der Waals surface area (Å²) in [4.78, 5) is 24.6. The molecule has 2 aromatic carbocycles. The van der Waals surface area contributed by atoms with Crippen LogP contribution in [0.1, 0.15) is 15.9 Å². The number of carbonyl (C=O) groups excluding carboxylic acids is 2. The van der Waals surface area contributed by atoms with Crippen molar-refractivity contribution in [2.45, 2.75) is 6.54 Å². The van der Waals surface area contributed by atoms with Gasteiger partial charge < -0.3 is 24.8 Å². The largest absolute Gasteiger partial charge is 0.497 e. The van der Waals surface area contributed by atoms with Crippen LogP contribution < -0.4 is 20.1 Å². The molecule has 0 aliphatic carbocycles. The van der Waals surface area contributed by atoms with E-state index in [-0.39, 0.29) is 11.8 Å². The van der Waals surface area contributed by atoms with E-state index >= 15 is 0 Å². The van der Waals surface area contributed by atoms with Gasteiger partial charge in [-0.1, -0.05) is 0 Å². The zero-order chi connectivity index (χ0) is 20.6. The number of amides is 2. The van der Waals surface area contributed by atoms with Crippen LogP contribution in [0.15, 0.2) is 53.6 Å². The van der Waals surface area contributed by atoms with Crippen molar-refractivity contribution >= 4 is 29.3 Å².